The third-order valence-electron chi connectivity index (χ3n) is 1.68. The second-order valence-corrected chi connectivity index (χ2v) is 3.42. The van der Waals surface area contributed by atoms with Crippen molar-refractivity contribution in [3.05, 3.63) is 24.3 Å². The van der Waals surface area contributed by atoms with Gasteiger partial charge < -0.3 is 4.74 Å². The molecule has 0 bridgehead atoms. The molecule has 14 heavy (non-hydrogen) atoms. The Bertz CT molecular complexity index is 276. The fourth-order valence-corrected chi connectivity index (χ4v) is 0.820. The minimum atomic E-state index is -0.466. The van der Waals surface area contributed by atoms with Gasteiger partial charge in [0.15, 0.2) is 5.78 Å². The topological polar surface area (TPSA) is 43.4 Å². The number of carbonyl (C=O) groups excluding carboxylic acids is 2. The van der Waals surface area contributed by atoms with Crippen molar-refractivity contribution in [1.82, 2.24) is 0 Å². The average molecular weight is 196 g/mol. The zero-order valence-electron chi connectivity index (χ0n) is 8.92. The molecule has 3 nitrogen and oxygen atoms in total. The maximum atomic E-state index is 11.3. The van der Waals surface area contributed by atoms with E-state index in [1.165, 1.54) is 0 Å². The predicted molar refractivity (Wildman–Crippen MR) is 54.8 cm³/mol. The fourth-order valence-electron chi connectivity index (χ4n) is 0.820. The van der Waals surface area contributed by atoms with Crippen molar-refractivity contribution in [3.8, 4) is 0 Å². The molecule has 1 unspecified atom stereocenters. The molecule has 3 heteroatoms. The maximum Gasteiger partial charge on any atom is 0.333 e. The summed E-state index contributed by atoms with van der Waals surface area (Å²) in [5.41, 5.74) is 0.809. The Morgan fingerprint density at radius 1 is 1.21 bits per heavy atom. The highest BCUT2D eigenvalue weighted by Gasteiger charge is 2.15. The van der Waals surface area contributed by atoms with Crippen molar-refractivity contribution in [2.45, 2.75) is 20.8 Å². The van der Waals surface area contributed by atoms with E-state index in [-0.39, 0.29) is 18.3 Å². The number of esters is 1. The van der Waals surface area contributed by atoms with Gasteiger partial charge in [0, 0.05) is 5.57 Å². The van der Waals surface area contributed by atoms with Crippen LogP contribution >= 0.6 is 0 Å². The van der Waals surface area contributed by atoms with Crippen LogP contribution in [-0.4, -0.2) is 18.4 Å². The molecule has 0 aliphatic heterocycles. The van der Waals surface area contributed by atoms with Crippen molar-refractivity contribution >= 4 is 11.8 Å². The molecule has 0 saturated carbocycles. The van der Waals surface area contributed by atoms with Crippen LogP contribution in [0.2, 0.25) is 0 Å². The summed E-state index contributed by atoms with van der Waals surface area (Å²) < 4.78 is 4.84. The van der Waals surface area contributed by atoms with Gasteiger partial charge in [0.25, 0.3) is 0 Å². The number of allylic oxidation sites excluding steroid dienone is 1. The molecule has 0 aromatic carbocycles. The van der Waals surface area contributed by atoms with Crippen molar-refractivity contribution < 1.29 is 14.3 Å². The molecule has 1 atom stereocenters. The van der Waals surface area contributed by atoms with Crippen LogP contribution in [0.5, 0.6) is 0 Å². The van der Waals surface area contributed by atoms with Crippen molar-refractivity contribution in [3.63, 3.8) is 0 Å². The average Bonchev–Trinajstić information content (AvgIpc) is 2.11. The molecule has 0 N–H and O–H groups in total. The summed E-state index contributed by atoms with van der Waals surface area (Å²) in [6.45, 7) is 11.9. The van der Waals surface area contributed by atoms with Gasteiger partial charge in [-0.3, -0.25) is 4.79 Å². The predicted octanol–water partition coefficient (Wildman–Crippen LogP) is 1.89. The third kappa shape index (κ3) is 4.03. The summed E-state index contributed by atoms with van der Waals surface area (Å²) in [7, 11) is 0. The molecule has 0 saturated heterocycles. The lowest BCUT2D eigenvalue weighted by molar-refractivity contribution is -0.141. The summed E-state index contributed by atoms with van der Waals surface area (Å²) >= 11 is 0. The van der Waals surface area contributed by atoms with Crippen molar-refractivity contribution in [2.75, 3.05) is 6.61 Å². The Morgan fingerprint density at radius 2 is 1.71 bits per heavy atom. The minimum Gasteiger partial charge on any atom is -0.462 e. The molecule has 0 heterocycles. The van der Waals surface area contributed by atoms with Crippen LogP contribution in [0.3, 0.4) is 0 Å². The molecule has 0 aliphatic carbocycles. The number of Topliss-reactive ketones (excluding diaryl/α,β-unsaturated/α-hetero) is 1. The summed E-state index contributed by atoms with van der Waals surface area (Å²) in [5.74, 6) is -0.887. The Balaban J connectivity index is 4.03. The quantitative estimate of drug-likeness (QED) is 0.498. The van der Waals surface area contributed by atoms with Crippen LogP contribution in [0.15, 0.2) is 24.3 Å². The van der Waals surface area contributed by atoms with E-state index in [4.69, 9.17) is 4.74 Å². The van der Waals surface area contributed by atoms with E-state index in [1.807, 2.05) is 0 Å². The largest absolute Gasteiger partial charge is 0.462 e. The zero-order chi connectivity index (χ0) is 11.3. The summed E-state index contributed by atoms with van der Waals surface area (Å²) in [6.07, 6.45) is 0. The zero-order valence-corrected chi connectivity index (χ0v) is 8.92. The lowest BCUT2D eigenvalue weighted by Crippen LogP contribution is -2.20. The van der Waals surface area contributed by atoms with Crippen LogP contribution < -0.4 is 0 Å². The highest BCUT2D eigenvalue weighted by molar-refractivity contribution is 5.96. The Labute approximate surface area is 84.4 Å². The highest BCUT2D eigenvalue weighted by atomic mass is 16.5. The third-order valence-corrected chi connectivity index (χ3v) is 1.68. The molecule has 0 aliphatic rings. The maximum absolute atomic E-state index is 11.3. The molecule has 0 fully saturated rings. The second-order valence-electron chi connectivity index (χ2n) is 3.42. The van der Waals surface area contributed by atoms with Crippen molar-refractivity contribution in [2.24, 2.45) is 5.92 Å². The van der Waals surface area contributed by atoms with Crippen LogP contribution in [-0.2, 0) is 14.3 Å². The van der Waals surface area contributed by atoms with E-state index in [0.717, 1.165) is 0 Å². The monoisotopic (exact) mass is 196 g/mol. The highest BCUT2D eigenvalue weighted by Crippen LogP contribution is 2.05. The Hall–Kier alpha value is -1.38. The SMILES string of the molecule is C=C(C)C(=O)OCC(C)C(=O)C(=C)C. The van der Waals surface area contributed by atoms with Gasteiger partial charge in [-0.2, -0.15) is 0 Å². The van der Waals surface area contributed by atoms with Gasteiger partial charge >= 0.3 is 5.97 Å². The molecule has 0 aromatic rings. The van der Waals surface area contributed by atoms with Gasteiger partial charge in [-0.05, 0) is 19.4 Å². The first-order valence-corrected chi connectivity index (χ1v) is 4.38. The number of hydrogen-bond acceptors (Lipinski definition) is 3. The number of ketones is 1. The van der Waals surface area contributed by atoms with Crippen LogP contribution in [0.1, 0.15) is 20.8 Å². The van der Waals surface area contributed by atoms with E-state index in [1.54, 1.807) is 20.8 Å². The van der Waals surface area contributed by atoms with Gasteiger partial charge in [-0.15, -0.1) is 0 Å². The molecular formula is C11H16O3. The van der Waals surface area contributed by atoms with Crippen LogP contribution in [0, 0.1) is 5.92 Å². The van der Waals surface area contributed by atoms with Gasteiger partial charge in [0.1, 0.15) is 6.61 Å². The summed E-state index contributed by atoms with van der Waals surface area (Å²) in [6, 6.07) is 0. The molecule has 78 valence electrons. The van der Waals surface area contributed by atoms with Crippen molar-refractivity contribution in [1.29, 1.82) is 0 Å². The van der Waals surface area contributed by atoms with Gasteiger partial charge in [-0.1, -0.05) is 20.1 Å². The van der Waals surface area contributed by atoms with E-state index in [9.17, 15) is 9.59 Å². The number of hydrogen-bond donors (Lipinski definition) is 0. The number of rotatable bonds is 5. The second kappa shape index (κ2) is 5.37. The Kier molecular flexibility index (Phi) is 4.84. The summed E-state index contributed by atoms with van der Waals surface area (Å²) in [4.78, 5) is 22.3. The number of carbonyl (C=O) groups is 2. The number of ether oxygens (including phenoxy) is 1. The van der Waals surface area contributed by atoms with Crippen LogP contribution in [0.25, 0.3) is 0 Å². The Morgan fingerprint density at radius 3 is 2.07 bits per heavy atom. The van der Waals surface area contributed by atoms with Crippen LogP contribution in [0.4, 0.5) is 0 Å². The lowest BCUT2D eigenvalue weighted by Gasteiger charge is -2.10. The molecule has 0 spiro atoms. The first kappa shape index (κ1) is 12.6. The van der Waals surface area contributed by atoms with E-state index >= 15 is 0 Å². The van der Waals surface area contributed by atoms with E-state index in [2.05, 4.69) is 13.2 Å². The van der Waals surface area contributed by atoms with E-state index < -0.39 is 5.97 Å². The van der Waals surface area contributed by atoms with Gasteiger partial charge in [-0.25, -0.2) is 4.79 Å². The molecule has 0 radical (unpaired) electrons. The fraction of sp³-hybridized carbons (Fsp3) is 0.455. The molecular weight excluding hydrogens is 180 g/mol. The molecule has 0 rings (SSSR count). The first-order chi connectivity index (χ1) is 6.36. The summed E-state index contributed by atoms with van der Waals surface area (Å²) in [5, 5.41) is 0. The standard InChI is InChI=1S/C11H16O3/c1-7(2)10(12)9(5)6-14-11(13)8(3)4/h9H,1,3,6H2,2,4-5H3. The molecule has 0 amide bonds. The van der Waals surface area contributed by atoms with Gasteiger partial charge in [0.2, 0.25) is 0 Å². The molecule has 0 aromatic heterocycles. The normalized spacial score (nSPS) is 11.6. The smallest absolute Gasteiger partial charge is 0.333 e. The van der Waals surface area contributed by atoms with Gasteiger partial charge in [0.05, 0.1) is 5.92 Å². The minimum absolute atomic E-state index is 0.0807. The van der Waals surface area contributed by atoms with E-state index in [0.29, 0.717) is 11.1 Å². The lowest BCUT2D eigenvalue weighted by atomic mass is 10.0. The first-order valence-electron chi connectivity index (χ1n) is 4.38.